The van der Waals surface area contributed by atoms with Gasteiger partial charge in [-0.1, -0.05) is 0 Å². The molecular weight excluding hydrogens is 248 g/mol. The Morgan fingerprint density at radius 1 is 0.900 bits per heavy atom. The number of rotatable bonds is 5. The third-order valence-corrected chi connectivity index (χ3v) is 5.49. The Balaban J connectivity index is 1.32. The fraction of sp³-hybridized carbons (Fsp3) is 1.00. The third kappa shape index (κ3) is 3.94. The zero-order chi connectivity index (χ0) is 13.9. The molecule has 2 heterocycles. The van der Waals surface area contributed by atoms with Gasteiger partial charge in [-0.05, 0) is 39.8 Å². The highest BCUT2D eigenvalue weighted by Crippen LogP contribution is 2.27. The molecule has 1 unspecified atom stereocenters. The minimum Gasteiger partial charge on any atom is -0.304 e. The molecule has 0 aromatic heterocycles. The zero-order valence-electron chi connectivity index (χ0n) is 13.4. The number of piperazine rings is 2. The van der Waals surface area contributed by atoms with E-state index in [1.165, 1.54) is 78.2 Å². The maximum Gasteiger partial charge on any atom is 0.0113 e. The van der Waals surface area contributed by atoms with Crippen LogP contribution in [-0.4, -0.2) is 97.6 Å². The molecule has 2 aliphatic heterocycles. The van der Waals surface area contributed by atoms with E-state index in [1.807, 2.05) is 0 Å². The lowest BCUT2D eigenvalue weighted by Gasteiger charge is -2.38. The molecule has 116 valence electrons. The first-order valence-electron chi connectivity index (χ1n) is 8.61. The molecule has 0 spiro atoms. The SMILES string of the molecule is CC(CCN1CCN(C2CC2)CC1)N1CCN(C)CC1. The Hall–Kier alpha value is -0.160. The van der Waals surface area contributed by atoms with Crippen LogP contribution >= 0.6 is 0 Å². The minimum atomic E-state index is 0.755. The van der Waals surface area contributed by atoms with Gasteiger partial charge in [-0.25, -0.2) is 0 Å². The van der Waals surface area contributed by atoms with E-state index >= 15 is 0 Å². The van der Waals surface area contributed by atoms with Crippen molar-refractivity contribution in [1.29, 1.82) is 0 Å². The molecule has 0 aromatic rings. The summed E-state index contributed by atoms with van der Waals surface area (Å²) in [5, 5.41) is 0. The van der Waals surface area contributed by atoms with Crippen molar-refractivity contribution in [2.75, 3.05) is 66.0 Å². The van der Waals surface area contributed by atoms with Crippen LogP contribution < -0.4 is 0 Å². The molecule has 4 nitrogen and oxygen atoms in total. The first-order chi connectivity index (χ1) is 9.72. The zero-order valence-corrected chi connectivity index (χ0v) is 13.4. The molecule has 0 N–H and O–H groups in total. The van der Waals surface area contributed by atoms with E-state index in [0.29, 0.717) is 0 Å². The lowest BCUT2D eigenvalue weighted by Crippen LogP contribution is -2.50. The smallest absolute Gasteiger partial charge is 0.0113 e. The molecule has 1 saturated carbocycles. The normalized spacial score (nSPS) is 29.7. The highest BCUT2D eigenvalue weighted by atomic mass is 15.3. The second-order valence-electron chi connectivity index (χ2n) is 7.09. The molecule has 20 heavy (non-hydrogen) atoms. The summed E-state index contributed by atoms with van der Waals surface area (Å²) in [6.07, 6.45) is 4.26. The van der Waals surface area contributed by atoms with Crippen molar-refractivity contribution in [3.63, 3.8) is 0 Å². The van der Waals surface area contributed by atoms with Crippen LogP contribution in [0.3, 0.4) is 0 Å². The highest BCUT2D eigenvalue weighted by molar-refractivity contribution is 4.87. The summed E-state index contributed by atoms with van der Waals surface area (Å²) in [5.74, 6) is 0. The largest absolute Gasteiger partial charge is 0.304 e. The van der Waals surface area contributed by atoms with Crippen LogP contribution in [0.15, 0.2) is 0 Å². The maximum absolute atomic E-state index is 2.71. The van der Waals surface area contributed by atoms with Gasteiger partial charge in [-0.2, -0.15) is 0 Å². The van der Waals surface area contributed by atoms with Gasteiger partial charge in [0, 0.05) is 64.4 Å². The van der Waals surface area contributed by atoms with Crippen molar-refractivity contribution in [2.45, 2.75) is 38.3 Å². The molecule has 0 amide bonds. The van der Waals surface area contributed by atoms with Crippen LogP contribution in [0, 0.1) is 0 Å². The Morgan fingerprint density at radius 2 is 1.55 bits per heavy atom. The summed E-state index contributed by atoms with van der Waals surface area (Å²) in [4.78, 5) is 10.5. The first kappa shape index (κ1) is 14.8. The van der Waals surface area contributed by atoms with E-state index < -0.39 is 0 Å². The molecule has 3 fully saturated rings. The first-order valence-corrected chi connectivity index (χ1v) is 8.61. The van der Waals surface area contributed by atoms with E-state index in [-0.39, 0.29) is 0 Å². The van der Waals surface area contributed by atoms with E-state index in [4.69, 9.17) is 0 Å². The minimum absolute atomic E-state index is 0.755. The second-order valence-corrected chi connectivity index (χ2v) is 7.09. The summed E-state index contributed by atoms with van der Waals surface area (Å²) < 4.78 is 0. The summed E-state index contributed by atoms with van der Waals surface area (Å²) in [6.45, 7) is 13.9. The van der Waals surface area contributed by atoms with Gasteiger partial charge in [0.25, 0.3) is 0 Å². The fourth-order valence-corrected chi connectivity index (χ4v) is 3.61. The molecule has 1 atom stereocenters. The predicted molar refractivity (Wildman–Crippen MR) is 84.2 cm³/mol. The predicted octanol–water partition coefficient (Wildman–Crippen LogP) is 0.792. The molecule has 4 heteroatoms. The topological polar surface area (TPSA) is 13.0 Å². The van der Waals surface area contributed by atoms with E-state index in [2.05, 4.69) is 33.6 Å². The molecule has 3 rings (SSSR count). The van der Waals surface area contributed by atoms with Crippen molar-refractivity contribution < 1.29 is 0 Å². The van der Waals surface area contributed by atoms with Crippen LogP contribution in [0.5, 0.6) is 0 Å². The molecule has 1 aliphatic carbocycles. The van der Waals surface area contributed by atoms with Gasteiger partial charge in [0.15, 0.2) is 0 Å². The van der Waals surface area contributed by atoms with Crippen LogP contribution in [0.1, 0.15) is 26.2 Å². The average molecular weight is 280 g/mol. The molecular formula is C16H32N4. The second kappa shape index (κ2) is 6.73. The van der Waals surface area contributed by atoms with E-state index in [9.17, 15) is 0 Å². The number of nitrogens with zero attached hydrogens (tertiary/aromatic N) is 4. The van der Waals surface area contributed by atoms with Crippen LogP contribution in [0.25, 0.3) is 0 Å². The summed E-state index contributed by atoms with van der Waals surface area (Å²) >= 11 is 0. The van der Waals surface area contributed by atoms with Gasteiger partial charge in [0.2, 0.25) is 0 Å². The molecule has 2 saturated heterocycles. The van der Waals surface area contributed by atoms with E-state index in [0.717, 1.165) is 12.1 Å². The standard InChI is InChI=1S/C16H32N4/c1-15(19-11-7-17(2)8-12-19)5-6-18-9-13-20(14-10-18)16-3-4-16/h15-16H,3-14H2,1-2H3. The fourth-order valence-electron chi connectivity index (χ4n) is 3.61. The van der Waals surface area contributed by atoms with E-state index in [1.54, 1.807) is 0 Å². The van der Waals surface area contributed by atoms with Gasteiger partial charge < -0.3 is 9.80 Å². The molecule has 0 aromatic carbocycles. The Labute approximate surface area is 124 Å². The molecule has 0 bridgehead atoms. The van der Waals surface area contributed by atoms with Crippen LogP contribution in [0.4, 0.5) is 0 Å². The van der Waals surface area contributed by atoms with Gasteiger partial charge in [-0.3, -0.25) is 9.80 Å². The third-order valence-electron chi connectivity index (χ3n) is 5.49. The molecule has 3 aliphatic rings. The van der Waals surface area contributed by atoms with Crippen LogP contribution in [0.2, 0.25) is 0 Å². The number of likely N-dealkylation sites (N-methyl/N-ethyl adjacent to an activating group) is 1. The quantitative estimate of drug-likeness (QED) is 0.738. The van der Waals surface area contributed by atoms with Crippen molar-refractivity contribution in [3.8, 4) is 0 Å². The lowest BCUT2D eigenvalue weighted by atomic mass is 10.1. The highest BCUT2D eigenvalue weighted by Gasteiger charge is 2.31. The maximum atomic E-state index is 2.71. The van der Waals surface area contributed by atoms with Gasteiger partial charge in [0.05, 0.1) is 0 Å². The summed E-state index contributed by atoms with van der Waals surface area (Å²) in [7, 11) is 2.24. The van der Waals surface area contributed by atoms with Crippen LogP contribution in [-0.2, 0) is 0 Å². The van der Waals surface area contributed by atoms with Crippen molar-refractivity contribution in [3.05, 3.63) is 0 Å². The Morgan fingerprint density at radius 3 is 2.15 bits per heavy atom. The summed E-state index contributed by atoms with van der Waals surface area (Å²) in [5.41, 5.74) is 0. The average Bonchev–Trinajstić information content (AvgIpc) is 3.31. The van der Waals surface area contributed by atoms with Crippen molar-refractivity contribution in [1.82, 2.24) is 19.6 Å². The summed E-state index contributed by atoms with van der Waals surface area (Å²) in [6, 6.07) is 1.71. The molecule has 0 radical (unpaired) electrons. The van der Waals surface area contributed by atoms with Gasteiger partial charge in [-0.15, -0.1) is 0 Å². The van der Waals surface area contributed by atoms with Crippen molar-refractivity contribution >= 4 is 0 Å². The Kier molecular flexibility index (Phi) is 4.97. The van der Waals surface area contributed by atoms with Crippen molar-refractivity contribution in [2.24, 2.45) is 0 Å². The monoisotopic (exact) mass is 280 g/mol. The van der Waals surface area contributed by atoms with Gasteiger partial charge in [0.1, 0.15) is 0 Å². The number of hydrogen-bond acceptors (Lipinski definition) is 4. The van der Waals surface area contributed by atoms with Gasteiger partial charge >= 0.3 is 0 Å². The Bertz CT molecular complexity index is 289. The number of hydrogen-bond donors (Lipinski definition) is 0. The lowest BCUT2D eigenvalue weighted by molar-refractivity contribution is 0.0908.